The zero-order valence-corrected chi connectivity index (χ0v) is 18.0. The number of hydrogen-bond donors (Lipinski definition) is 0. The lowest BCUT2D eigenvalue weighted by atomic mass is 10.2. The molecule has 3 rings (SSSR count). The number of ether oxygens (including phenoxy) is 3. The third-order valence-electron chi connectivity index (χ3n) is 5.38. The molecule has 1 aliphatic rings. The summed E-state index contributed by atoms with van der Waals surface area (Å²) in [5, 5.41) is 0. The molecule has 0 amide bonds. The first-order chi connectivity index (χ1) is 14.2. The summed E-state index contributed by atoms with van der Waals surface area (Å²) in [5.41, 5.74) is 2.41. The number of benzene rings is 2. The molecule has 0 saturated carbocycles. The largest absolute Gasteiger partial charge is 0.495 e. The van der Waals surface area contributed by atoms with Crippen molar-refractivity contribution in [2.24, 2.45) is 0 Å². The standard InChI is InChI=1S/C24H34N2O3/c1-4-17-28-18-21(19-29-22-11-9-20(2)10-12-22)25-13-15-26(16-14-25)23-7-5-6-8-24(23)27-3/h5-12,21H,4,13-19H2,1-3H3. The molecule has 2 aromatic carbocycles. The van der Waals surface area contributed by atoms with Gasteiger partial charge in [-0.2, -0.15) is 0 Å². The minimum atomic E-state index is 0.252. The predicted molar refractivity (Wildman–Crippen MR) is 118 cm³/mol. The van der Waals surface area contributed by atoms with Gasteiger partial charge in [-0.25, -0.2) is 0 Å². The van der Waals surface area contributed by atoms with Crippen LogP contribution in [0.2, 0.25) is 0 Å². The SMILES string of the molecule is CCCOCC(COc1ccc(C)cc1)N1CCN(c2ccccc2OC)CC1. The summed E-state index contributed by atoms with van der Waals surface area (Å²) in [7, 11) is 1.73. The van der Waals surface area contributed by atoms with Crippen LogP contribution in [-0.4, -0.2) is 64.1 Å². The quantitative estimate of drug-likeness (QED) is 0.565. The lowest BCUT2D eigenvalue weighted by Crippen LogP contribution is -2.53. The second kappa shape index (κ2) is 11.1. The average Bonchev–Trinajstić information content (AvgIpc) is 2.77. The van der Waals surface area contributed by atoms with Crippen LogP contribution in [0.4, 0.5) is 5.69 Å². The van der Waals surface area contributed by atoms with E-state index < -0.39 is 0 Å². The van der Waals surface area contributed by atoms with Gasteiger partial charge < -0.3 is 19.1 Å². The molecule has 1 heterocycles. The number of hydrogen-bond acceptors (Lipinski definition) is 5. The maximum atomic E-state index is 6.10. The molecule has 1 unspecified atom stereocenters. The number of anilines is 1. The molecule has 1 atom stereocenters. The van der Waals surface area contributed by atoms with Gasteiger partial charge in [0.25, 0.3) is 0 Å². The Bertz CT molecular complexity index is 727. The Labute approximate surface area is 175 Å². The summed E-state index contributed by atoms with van der Waals surface area (Å²) in [6.45, 7) is 10.3. The maximum Gasteiger partial charge on any atom is 0.142 e. The number of rotatable bonds is 10. The Kier molecular flexibility index (Phi) is 8.20. The first-order valence-corrected chi connectivity index (χ1v) is 10.6. The zero-order valence-electron chi connectivity index (χ0n) is 18.0. The van der Waals surface area contributed by atoms with Gasteiger partial charge in [0, 0.05) is 32.8 Å². The van der Waals surface area contributed by atoms with Crippen LogP contribution in [0, 0.1) is 6.92 Å². The number of aryl methyl sites for hydroxylation is 1. The van der Waals surface area contributed by atoms with E-state index in [0.29, 0.717) is 13.2 Å². The molecule has 1 fully saturated rings. The van der Waals surface area contributed by atoms with Crippen LogP contribution in [0.1, 0.15) is 18.9 Å². The predicted octanol–water partition coefficient (Wildman–Crippen LogP) is 4.00. The summed E-state index contributed by atoms with van der Waals surface area (Å²) in [5.74, 6) is 1.86. The topological polar surface area (TPSA) is 34.2 Å². The van der Waals surface area contributed by atoms with Gasteiger partial charge in [0.1, 0.15) is 18.1 Å². The van der Waals surface area contributed by atoms with Crippen molar-refractivity contribution in [2.75, 3.05) is 58.0 Å². The Hall–Kier alpha value is -2.24. The van der Waals surface area contributed by atoms with E-state index in [-0.39, 0.29) is 6.04 Å². The molecule has 0 N–H and O–H groups in total. The van der Waals surface area contributed by atoms with E-state index in [1.165, 1.54) is 11.3 Å². The highest BCUT2D eigenvalue weighted by molar-refractivity contribution is 5.58. The van der Waals surface area contributed by atoms with Crippen LogP contribution in [0.15, 0.2) is 48.5 Å². The van der Waals surface area contributed by atoms with Crippen LogP contribution >= 0.6 is 0 Å². The van der Waals surface area contributed by atoms with Gasteiger partial charge in [0.15, 0.2) is 0 Å². The monoisotopic (exact) mass is 398 g/mol. The fourth-order valence-corrected chi connectivity index (χ4v) is 3.67. The molecule has 1 saturated heterocycles. The summed E-state index contributed by atoms with van der Waals surface area (Å²) >= 11 is 0. The summed E-state index contributed by atoms with van der Waals surface area (Å²) in [6, 6.07) is 16.8. The zero-order chi connectivity index (χ0) is 20.5. The molecule has 5 heteroatoms. The number of piperazine rings is 1. The van der Waals surface area contributed by atoms with Crippen molar-refractivity contribution < 1.29 is 14.2 Å². The third kappa shape index (κ3) is 6.12. The first-order valence-electron chi connectivity index (χ1n) is 10.6. The molecule has 1 aliphatic heterocycles. The molecular weight excluding hydrogens is 364 g/mol. The smallest absolute Gasteiger partial charge is 0.142 e. The van der Waals surface area contributed by atoms with E-state index >= 15 is 0 Å². The maximum absolute atomic E-state index is 6.10. The first kappa shape index (κ1) is 21.5. The summed E-state index contributed by atoms with van der Waals surface area (Å²) < 4.78 is 17.5. The highest BCUT2D eigenvalue weighted by atomic mass is 16.5. The van der Waals surface area contributed by atoms with Gasteiger partial charge in [-0.15, -0.1) is 0 Å². The normalized spacial score (nSPS) is 15.9. The summed E-state index contributed by atoms with van der Waals surface area (Å²) in [4.78, 5) is 4.90. The minimum Gasteiger partial charge on any atom is -0.495 e. The Morgan fingerprint density at radius 3 is 2.34 bits per heavy atom. The highest BCUT2D eigenvalue weighted by Gasteiger charge is 2.26. The van der Waals surface area contributed by atoms with Crippen molar-refractivity contribution >= 4 is 5.69 Å². The van der Waals surface area contributed by atoms with E-state index in [0.717, 1.165) is 50.7 Å². The molecule has 0 bridgehead atoms. The van der Waals surface area contributed by atoms with Crippen molar-refractivity contribution in [1.29, 1.82) is 0 Å². The van der Waals surface area contributed by atoms with E-state index in [1.54, 1.807) is 7.11 Å². The van der Waals surface area contributed by atoms with Crippen molar-refractivity contribution in [1.82, 2.24) is 4.90 Å². The van der Waals surface area contributed by atoms with E-state index in [1.807, 2.05) is 24.3 Å². The second-order valence-electron chi connectivity index (χ2n) is 7.55. The van der Waals surface area contributed by atoms with Crippen LogP contribution < -0.4 is 14.4 Å². The van der Waals surface area contributed by atoms with Gasteiger partial charge in [0.2, 0.25) is 0 Å². The molecule has 158 valence electrons. The van der Waals surface area contributed by atoms with Crippen molar-refractivity contribution in [3.05, 3.63) is 54.1 Å². The minimum absolute atomic E-state index is 0.252. The fourth-order valence-electron chi connectivity index (χ4n) is 3.67. The summed E-state index contributed by atoms with van der Waals surface area (Å²) in [6.07, 6.45) is 1.03. The van der Waals surface area contributed by atoms with Crippen LogP contribution in [0.5, 0.6) is 11.5 Å². The molecule has 29 heavy (non-hydrogen) atoms. The van der Waals surface area contributed by atoms with Crippen LogP contribution in [-0.2, 0) is 4.74 Å². The average molecular weight is 399 g/mol. The lowest BCUT2D eigenvalue weighted by molar-refractivity contribution is 0.0339. The van der Waals surface area contributed by atoms with Gasteiger partial charge >= 0.3 is 0 Å². The molecule has 0 spiro atoms. The number of para-hydroxylation sites is 2. The Balaban J connectivity index is 1.58. The van der Waals surface area contributed by atoms with E-state index in [9.17, 15) is 0 Å². The van der Waals surface area contributed by atoms with Gasteiger partial charge in [-0.05, 0) is 37.6 Å². The number of nitrogens with zero attached hydrogens (tertiary/aromatic N) is 2. The Morgan fingerprint density at radius 1 is 0.931 bits per heavy atom. The third-order valence-corrected chi connectivity index (χ3v) is 5.38. The van der Waals surface area contributed by atoms with Crippen molar-refractivity contribution in [3.63, 3.8) is 0 Å². The molecule has 2 aromatic rings. The Morgan fingerprint density at radius 2 is 1.66 bits per heavy atom. The van der Waals surface area contributed by atoms with E-state index in [4.69, 9.17) is 14.2 Å². The second-order valence-corrected chi connectivity index (χ2v) is 7.55. The molecule has 0 aromatic heterocycles. The lowest BCUT2D eigenvalue weighted by Gasteiger charge is -2.40. The van der Waals surface area contributed by atoms with Gasteiger partial charge in [-0.3, -0.25) is 4.90 Å². The van der Waals surface area contributed by atoms with Crippen molar-refractivity contribution in [2.45, 2.75) is 26.3 Å². The van der Waals surface area contributed by atoms with Gasteiger partial charge in [0.05, 0.1) is 25.4 Å². The molecule has 0 radical (unpaired) electrons. The molecular formula is C24H34N2O3. The van der Waals surface area contributed by atoms with Crippen LogP contribution in [0.25, 0.3) is 0 Å². The fraction of sp³-hybridized carbons (Fsp3) is 0.500. The number of methoxy groups -OCH3 is 1. The van der Waals surface area contributed by atoms with Crippen molar-refractivity contribution in [3.8, 4) is 11.5 Å². The molecule has 0 aliphatic carbocycles. The van der Waals surface area contributed by atoms with Gasteiger partial charge in [-0.1, -0.05) is 36.8 Å². The van der Waals surface area contributed by atoms with E-state index in [2.05, 4.69) is 47.9 Å². The highest BCUT2D eigenvalue weighted by Crippen LogP contribution is 2.28. The molecule has 5 nitrogen and oxygen atoms in total. The van der Waals surface area contributed by atoms with Crippen LogP contribution in [0.3, 0.4) is 0 Å².